The van der Waals surface area contributed by atoms with Crippen molar-refractivity contribution in [3.8, 4) is 11.5 Å². The number of hydrogen-bond donors (Lipinski definition) is 1. The summed E-state index contributed by atoms with van der Waals surface area (Å²) >= 11 is 0. The van der Waals surface area contributed by atoms with Crippen LogP contribution in [-0.2, 0) is 16.1 Å². The van der Waals surface area contributed by atoms with Crippen LogP contribution in [0.3, 0.4) is 0 Å². The zero-order chi connectivity index (χ0) is 18.8. The standard InChI is InChI=1S/C20H23NO5/c1-3-19(16-6-10-18(11-7-16)25-14-20(22)23)21-26-13-12-15-4-8-17(24-2)9-5-15/h4-11H,3,12-14H2,1-2H3,(H,22,23)/b21-19+. The van der Waals surface area contributed by atoms with Crippen LogP contribution in [0.4, 0.5) is 0 Å². The van der Waals surface area contributed by atoms with Gasteiger partial charge in [0.1, 0.15) is 18.1 Å². The minimum absolute atomic E-state index is 0.359. The first-order valence-electron chi connectivity index (χ1n) is 8.39. The van der Waals surface area contributed by atoms with Crippen LogP contribution in [0.15, 0.2) is 53.7 Å². The van der Waals surface area contributed by atoms with Crippen molar-refractivity contribution in [2.24, 2.45) is 5.16 Å². The number of hydrogen-bond acceptors (Lipinski definition) is 5. The van der Waals surface area contributed by atoms with E-state index in [2.05, 4.69) is 5.16 Å². The topological polar surface area (TPSA) is 77.3 Å². The molecule has 0 saturated heterocycles. The van der Waals surface area contributed by atoms with Gasteiger partial charge in [-0.2, -0.15) is 0 Å². The molecule has 6 nitrogen and oxygen atoms in total. The second-order valence-corrected chi connectivity index (χ2v) is 5.53. The molecule has 2 aromatic rings. The third kappa shape index (κ3) is 6.12. The lowest BCUT2D eigenvalue weighted by Gasteiger charge is -2.07. The predicted octanol–water partition coefficient (Wildman–Crippen LogP) is 3.53. The summed E-state index contributed by atoms with van der Waals surface area (Å²) in [5.41, 5.74) is 2.89. The van der Waals surface area contributed by atoms with Crippen LogP contribution in [0.5, 0.6) is 11.5 Å². The van der Waals surface area contributed by atoms with Crippen molar-refractivity contribution >= 4 is 11.7 Å². The number of methoxy groups -OCH3 is 1. The quantitative estimate of drug-likeness (QED) is 0.400. The van der Waals surface area contributed by atoms with Gasteiger partial charge in [-0.15, -0.1) is 0 Å². The van der Waals surface area contributed by atoms with E-state index < -0.39 is 5.97 Å². The van der Waals surface area contributed by atoms with Crippen LogP contribution in [0.1, 0.15) is 24.5 Å². The number of ether oxygens (including phenoxy) is 2. The van der Waals surface area contributed by atoms with Crippen molar-refractivity contribution in [2.75, 3.05) is 20.3 Å². The molecule has 0 heterocycles. The van der Waals surface area contributed by atoms with Gasteiger partial charge < -0.3 is 19.4 Å². The zero-order valence-corrected chi connectivity index (χ0v) is 15.0. The number of oxime groups is 1. The van der Waals surface area contributed by atoms with Gasteiger partial charge in [0.15, 0.2) is 6.61 Å². The second kappa shape index (κ2) is 10.1. The molecule has 26 heavy (non-hydrogen) atoms. The van der Waals surface area contributed by atoms with Crippen LogP contribution in [0.2, 0.25) is 0 Å². The highest BCUT2D eigenvalue weighted by Gasteiger charge is 2.04. The van der Waals surface area contributed by atoms with Crippen molar-refractivity contribution in [3.63, 3.8) is 0 Å². The van der Waals surface area contributed by atoms with Crippen molar-refractivity contribution in [3.05, 3.63) is 59.7 Å². The largest absolute Gasteiger partial charge is 0.497 e. The molecule has 0 aliphatic carbocycles. The van der Waals surface area contributed by atoms with E-state index in [4.69, 9.17) is 19.4 Å². The van der Waals surface area contributed by atoms with E-state index in [0.29, 0.717) is 12.4 Å². The van der Waals surface area contributed by atoms with Crippen LogP contribution >= 0.6 is 0 Å². The molecule has 0 aliphatic heterocycles. The highest BCUT2D eigenvalue weighted by atomic mass is 16.6. The molecular weight excluding hydrogens is 334 g/mol. The lowest BCUT2D eigenvalue weighted by molar-refractivity contribution is -0.139. The van der Waals surface area contributed by atoms with Crippen molar-refractivity contribution < 1.29 is 24.2 Å². The molecule has 0 aliphatic rings. The number of nitrogens with zero attached hydrogens (tertiary/aromatic N) is 1. The fraction of sp³-hybridized carbons (Fsp3) is 0.300. The Morgan fingerprint density at radius 1 is 1.04 bits per heavy atom. The van der Waals surface area contributed by atoms with Crippen LogP contribution in [-0.4, -0.2) is 37.1 Å². The maximum atomic E-state index is 10.5. The molecule has 6 heteroatoms. The molecule has 0 amide bonds. The Morgan fingerprint density at radius 2 is 1.69 bits per heavy atom. The third-order valence-corrected chi connectivity index (χ3v) is 3.70. The van der Waals surface area contributed by atoms with Gasteiger partial charge in [-0.3, -0.25) is 0 Å². The Balaban J connectivity index is 1.87. The van der Waals surface area contributed by atoms with Crippen molar-refractivity contribution in [1.82, 2.24) is 0 Å². The lowest BCUT2D eigenvalue weighted by Crippen LogP contribution is -2.09. The van der Waals surface area contributed by atoms with Gasteiger partial charge in [-0.25, -0.2) is 4.79 Å². The SMILES string of the molecule is CC/C(=N\OCCc1ccc(OC)cc1)c1ccc(OCC(=O)O)cc1. The number of carbonyl (C=O) groups is 1. The fourth-order valence-electron chi connectivity index (χ4n) is 2.29. The highest BCUT2D eigenvalue weighted by molar-refractivity contribution is 6.00. The first-order valence-corrected chi connectivity index (χ1v) is 8.39. The van der Waals surface area contributed by atoms with E-state index in [-0.39, 0.29) is 6.61 Å². The summed E-state index contributed by atoms with van der Waals surface area (Å²) in [6.07, 6.45) is 1.48. The summed E-state index contributed by atoms with van der Waals surface area (Å²) in [6.45, 7) is 2.12. The molecule has 0 bridgehead atoms. The Kier molecular flexibility index (Phi) is 7.49. The highest BCUT2D eigenvalue weighted by Crippen LogP contribution is 2.15. The number of rotatable bonds is 10. The zero-order valence-electron chi connectivity index (χ0n) is 15.0. The summed E-state index contributed by atoms with van der Waals surface area (Å²) in [5.74, 6) is 0.332. The molecule has 0 atom stereocenters. The lowest BCUT2D eigenvalue weighted by atomic mass is 10.1. The van der Waals surface area contributed by atoms with Gasteiger partial charge in [0.2, 0.25) is 0 Å². The molecule has 1 N–H and O–H groups in total. The molecule has 0 saturated carbocycles. The Morgan fingerprint density at radius 3 is 2.27 bits per heavy atom. The smallest absolute Gasteiger partial charge is 0.341 e. The fourth-order valence-corrected chi connectivity index (χ4v) is 2.29. The van der Waals surface area contributed by atoms with Gasteiger partial charge in [0.05, 0.1) is 12.8 Å². The monoisotopic (exact) mass is 357 g/mol. The minimum atomic E-state index is -1.00. The van der Waals surface area contributed by atoms with Crippen LogP contribution < -0.4 is 9.47 Å². The van der Waals surface area contributed by atoms with E-state index in [1.54, 1.807) is 19.2 Å². The Bertz CT molecular complexity index is 723. The number of benzene rings is 2. The number of carboxylic acid groups (broad SMARTS) is 1. The van der Waals surface area contributed by atoms with E-state index in [0.717, 1.165) is 35.4 Å². The van der Waals surface area contributed by atoms with Gasteiger partial charge >= 0.3 is 5.97 Å². The molecule has 2 aromatic carbocycles. The van der Waals surface area contributed by atoms with E-state index >= 15 is 0 Å². The summed E-state index contributed by atoms with van der Waals surface area (Å²) in [7, 11) is 1.64. The maximum Gasteiger partial charge on any atom is 0.341 e. The summed E-state index contributed by atoms with van der Waals surface area (Å²) < 4.78 is 10.3. The molecule has 2 rings (SSSR count). The summed E-state index contributed by atoms with van der Waals surface area (Å²) in [5, 5.41) is 12.8. The molecule has 0 fully saturated rings. The summed E-state index contributed by atoms with van der Waals surface area (Å²) in [6, 6.07) is 15.0. The van der Waals surface area contributed by atoms with Crippen LogP contribution in [0, 0.1) is 0 Å². The van der Waals surface area contributed by atoms with E-state index in [1.807, 2.05) is 43.3 Å². The Labute approximate surface area is 153 Å². The molecular formula is C20H23NO5. The molecule has 0 aromatic heterocycles. The van der Waals surface area contributed by atoms with Crippen molar-refractivity contribution in [1.29, 1.82) is 0 Å². The maximum absolute atomic E-state index is 10.5. The van der Waals surface area contributed by atoms with Gasteiger partial charge in [0.25, 0.3) is 0 Å². The number of carboxylic acids is 1. The van der Waals surface area contributed by atoms with Gasteiger partial charge in [-0.05, 0) is 53.9 Å². The summed E-state index contributed by atoms with van der Waals surface area (Å²) in [4.78, 5) is 16.0. The normalized spacial score (nSPS) is 11.1. The average Bonchev–Trinajstić information content (AvgIpc) is 2.67. The van der Waals surface area contributed by atoms with Crippen molar-refractivity contribution in [2.45, 2.75) is 19.8 Å². The predicted molar refractivity (Wildman–Crippen MR) is 99.1 cm³/mol. The molecule has 0 unspecified atom stereocenters. The first-order chi connectivity index (χ1) is 12.6. The Hall–Kier alpha value is -3.02. The third-order valence-electron chi connectivity index (χ3n) is 3.70. The van der Waals surface area contributed by atoms with Gasteiger partial charge in [-0.1, -0.05) is 24.2 Å². The number of aliphatic carboxylic acids is 1. The second-order valence-electron chi connectivity index (χ2n) is 5.53. The van der Waals surface area contributed by atoms with E-state index in [1.165, 1.54) is 0 Å². The first kappa shape index (κ1) is 19.3. The van der Waals surface area contributed by atoms with E-state index in [9.17, 15) is 4.79 Å². The van der Waals surface area contributed by atoms with Gasteiger partial charge in [0, 0.05) is 6.42 Å². The minimum Gasteiger partial charge on any atom is -0.497 e. The average molecular weight is 357 g/mol. The van der Waals surface area contributed by atoms with Crippen LogP contribution in [0.25, 0.3) is 0 Å². The molecule has 0 radical (unpaired) electrons. The molecule has 0 spiro atoms. The molecule has 138 valence electrons.